The summed E-state index contributed by atoms with van der Waals surface area (Å²) in [6, 6.07) is 2.57. The van der Waals surface area contributed by atoms with Crippen LogP contribution in [0.4, 0.5) is 0 Å². The molecule has 4 heteroatoms. The van der Waals surface area contributed by atoms with Gasteiger partial charge in [0.2, 0.25) is 6.75 Å². The number of likely N-dealkylation sites (N-methyl/N-ethyl adjacent to an activating group) is 1. The standard InChI is InChI=1S/C11H13NO3/c1-7(12-2)11(13)8-3-4-9-10(5-8)15-6-14-9/h3-5,7,12H,6H2,1-2H3/i2D,6D2,7D. The van der Waals surface area contributed by atoms with Crippen LogP contribution in [0.5, 0.6) is 11.5 Å². The second kappa shape index (κ2) is 3.90. The summed E-state index contributed by atoms with van der Waals surface area (Å²) in [5, 5.41) is 2.44. The van der Waals surface area contributed by atoms with Crippen molar-refractivity contribution in [2.75, 3.05) is 13.8 Å². The fourth-order valence-electron chi connectivity index (χ4n) is 1.22. The number of ether oxygens (including phenoxy) is 2. The zero-order valence-electron chi connectivity index (χ0n) is 12.2. The number of ketones is 1. The van der Waals surface area contributed by atoms with Gasteiger partial charge in [-0.15, -0.1) is 0 Å². The Morgan fingerprint density at radius 2 is 2.47 bits per heavy atom. The minimum absolute atomic E-state index is 0.123. The van der Waals surface area contributed by atoms with Crippen LogP contribution in [-0.4, -0.2) is 25.6 Å². The Bertz CT molecular complexity index is 519. The lowest BCUT2D eigenvalue weighted by Crippen LogP contribution is -2.30. The van der Waals surface area contributed by atoms with Gasteiger partial charge < -0.3 is 14.8 Å². The average molecular weight is 211 g/mol. The van der Waals surface area contributed by atoms with Crippen molar-refractivity contribution in [3.8, 4) is 11.5 Å². The third-order valence-electron chi connectivity index (χ3n) is 2.11. The highest BCUT2D eigenvalue weighted by Gasteiger charge is 2.18. The maximum atomic E-state index is 12.1. The van der Waals surface area contributed by atoms with E-state index < -0.39 is 18.5 Å². The molecule has 1 aromatic carbocycles. The van der Waals surface area contributed by atoms with Crippen LogP contribution in [0.3, 0.4) is 0 Å². The van der Waals surface area contributed by atoms with Gasteiger partial charge in [0.05, 0.1) is 7.39 Å². The summed E-state index contributed by atoms with van der Waals surface area (Å²) < 4.78 is 39.2. The van der Waals surface area contributed by atoms with Gasteiger partial charge in [0.25, 0.3) is 0 Å². The van der Waals surface area contributed by atoms with Gasteiger partial charge in [-0.1, -0.05) is 0 Å². The second-order valence-electron chi connectivity index (χ2n) is 3.08. The van der Waals surface area contributed by atoms with Crippen molar-refractivity contribution in [2.45, 2.75) is 12.9 Å². The first-order valence-corrected chi connectivity index (χ1v) is 4.36. The quantitative estimate of drug-likeness (QED) is 0.763. The Kier molecular flexibility index (Phi) is 1.59. The molecule has 1 N–H and O–H groups in total. The monoisotopic (exact) mass is 211 g/mol. The molecule has 1 atom stereocenters. The van der Waals surface area contributed by atoms with E-state index in [-0.39, 0.29) is 24.1 Å². The summed E-state index contributed by atoms with van der Waals surface area (Å²) in [4.78, 5) is 12.1. The van der Waals surface area contributed by atoms with Crippen molar-refractivity contribution in [1.29, 1.82) is 0 Å². The Morgan fingerprint density at radius 3 is 3.27 bits per heavy atom. The number of fused-ring (bicyclic) bond motifs is 1. The molecule has 0 aromatic heterocycles. The first kappa shape index (κ1) is 6.12. The van der Waals surface area contributed by atoms with E-state index in [4.69, 9.17) is 15.0 Å². The van der Waals surface area contributed by atoms with Gasteiger partial charge in [0, 0.05) is 6.93 Å². The highest BCUT2D eigenvalue weighted by atomic mass is 16.7. The lowest BCUT2D eigenvalue weighted by Gasteiger charge is -2.09. The van der Waals surface area contributed by atoms with Crippen LogP contribution < -0.4 is 14.8 Å². The minimum atomic E-state index is -2.24. The SMILES string of the molecule is [2H]CNC([2H])(C)C(=O)c1ccc2c(c1)OC([2H])([2H])O2. The fraction of sp³-hybridized carbons (Fsp3) is 0.364. The van der Waals surface area contributed by atoms with Gasteiger partial charge in [-0.2, -0.15) is 0 Å². The van der Waals surface area contributed by atoms with E-state index in [1.54, 1.807) is 0 Å². The first-order valence-electron chi connectivity index (χ1n) is 6.57. The highest BCUT2D eigenvalue weighted by molar-refractivity contribution is 6.00. The normalized spacial score (nSPS) is 24.3. The van der Waals surface area contributed by atoms with Gasteiger partial charge in [-0.05, 0) is 32.1 Å². The number of hydrogen-bond acceptors (Lipinski definition) is 4. The Balaban J connectivity index is 2.27. The van der Waals surface area contributed by atoms with E-state index in [2.05, 4.69) is 5.32 Å². The molecule has 0 saturated heterocycles. The maximum Gasteiger partial charge on any atom is 0.231 e. The van der Waals surface area contributed by atoms with E-state index in [0.717, 1.165) is 0 Å². The summed E-state index contributed by atoms with van der Waals surface area (Å²) in [6.07, 6.45) is 0. The van der Waals surface area contributed by atoms with Gasteiger partial charge in [0.1, 0.15) is 2.74 Å². The van der Waals surface area contributed by atoms with Crippen LogP contribution in [0.2, 0.25) is 0 Å². The summed E-state index contributed by atoms with van der Waals surface area (Å²) in [5.74, 6) is -0.196. The summed E-state index contributed by atoms with van der Waals surface area (Å²) in [6.45, 7) is -0.887. The molecule has 1 unspecified atom stereocenters. The van der Waals surface area contributed by atoms with Crippen molar-refractivity contribution < 1.29 is 19.8 Å². The smallest absolute Gasteiger partial charge is 0.231 e. The molecule has 1 heterocycles. The molecule has 1 aromatic rings. The predicted octanol–water partition coefficient (Wildman–Crippen LogP) is 1.21. The molecule has 0 bridgehead atoms. The maximum absolute atomic E-state index is 12.1. The molecule has 4 nitrogen and oxygen atoms in total. The van der Waals surface area contributed by atoms with E-state index in [1.165, 1.54) is 25.1 Å². The van der Waals surface area contributed by atoms with Crippen molar-refractivity contribution in [3.05, 3.63) is 23.8 Å². The lowest BCUT2D eigenvalue weighted by molar-refractivity contribution is 0.0954. The molecule has 15 heavy (non-hydrogen) atoms. The van der Waals surface area contributed by atoms with E-state index in [1.807, 2.05) is 0 Å². The first-order chi connectivity index (χ1) is 8.75. The zero-order valence-corrected chi connectivity index (χ0v) is 8.16. The van der Waals surface area contributed by atoms with Crippen LogP contribution in [0, 0.1) is 0 Å². The van der Waals surface area contributed by atoms with E-state index in [0.29, 0.717) is 0 Å². The fourth-order valence-corrected chi connectivity index (χ4v) is 1.22. The Hall–Kier alpha value is -1.55. The third-order valence-corrected chi connectivity index (χ3v) is 2.11. The van der Waals surface area contributed by atoms with Crippen LogP contribution in [-0.2, 0) is 0 Å². The summed E-state index contributed by atoms with van der Waals surface area (Å²) in [5.41, 5.74) is 0.193. The third kappa shape index (κ3) is 1.80. The molecular weight excluding hydrogens is 194 g/mol. The number of hydrogen-bond donors (Lipinski definition) is 1. The van der Waals surface area contributed by atoms with Crippen molar-refractivity contribution in [3.63, 3.8) is 0 Å². The molecule has 0 aliphatic carbocycles. The number of benzene rings is 1. The van der Waals surface area contributed by atoms with E-state index >= 15 is 0 Å². The number of rotatable bonds is 3. The molecular formula is C11H13NO3. The molecule has 80 valence electrons. The molecule has 0 saturated carbocycles. The van der Waals surface area contributed by atoms with Crippen molar-refractivity contribution >= 4 is 5.78 Å². The molecule has 2 rings (SSSR count). The largest absolute Gasteiger partial charge is 0.454 e. The number of carbonyl (C=O) groups excluding carboxylic acids is 1. The van der Waals surface area contributed by atoms with Crippen molar-refractivity contribution in [1.82, 2.24) is 5.32 Å². The lowest BCUT2D eigenvalue weighted by atomic mass is 10.1. The highest BCUT2D eigenvalue weighted by Crippen LogP contribution is 2.32. The summed E-state index contributed by atoms with van der Waals surface area (Å²) >= 11 is 0. The van der Waals surface area contributed by atoms with E-state index in [9.17, 15) is 4.79 Å². The molecule has 0 radical (unpaired) electrons. The topological polar surface area (TPSA) is 47.6 Å². The number of nitrogens with one attached hydrogen (secondary N) is 1. The average Bonchev–Trinajstić information content (AvgIpc) is 2.60. The number of Topliss-reactive ketones (excluding diaryl/α,β-unsaturated/α-hetero) is 1. The van der Waals surface area contributed by atoms with Crippen LogP contribution in [0.25, 0.3) is 0 Å². The van der Waals surface area contributed by atoms with Gasteiger partial charge >= 0.3 is 0 Å². The number of carbonyl (C=O) groups is 1. The Morgan fingerprint density at radius 1 is 1.67 bits per heavy atom. The zero-order chi connectivity index (χ0) is 14.3. The summed E-state index contributed by atoms with van der Waals surface area (Å²) in [7, 11) is -0.251. The van der Waals surface area contributed by atoms with Gasteiger partial charge in [0.15, 0.2) is 17.3 Å². The van der Waals surface area contributed by atoms with Gasteiger partial charge in [-0.3, -0.25) is 4.79 Å². The predicted molar refractivity (Wildman–Crippen MR) is 55.4 cm³/mol. The van der Waals surface area contributed by atoms with Crippen LogP contribution >= 0.6 is 0 Å². The van der Waals surface area contributed by atoms with Crippen LogP contribution in [0.1, 0.15) is 22.8 Å². The van der Waals surface area contributed by atoms with Gasteiger partial charge in [-0.25, -0.2) is 0 Å². The minimum Gasteiger partial charge on any atom is -0.454 e. The van der Waals surface area contributed by atoms with Crippen molar-refractivity contribution in [2.24, 2.45) is 0 Å². The molecule has 1 aliphatic heterocycles. The molecule has 0 amide bonds. The molecule has 1 aliphatic rings. The molecule has 0 fully saturated rings. The Labute approximate surface area is 93.8 Å². The molecule has 0 spiro atoms. The van der Waals surface area contributed by atoms with Crippen LogP contribution in [0.15, 0.2) is 18.2 Å². The second-order valence-corrected chi connectivity index (χ2v) is 3.08.